The summed E-state index contributed by atoms with van der Waals surface area (Å²) in [6, 6.07) is 1.07. The number of likely N-dealkylation sites (N-methyl/N-ethyl adjacent to an activating group) is 1. The lowest BCUT2D eigenvalue weighted by atomic mass is 9.94. The molecule has 1 fully saturated rings. The van der Waals surface area contributed by atoms with E-state index in [9.17, 15) is 53.4 Å². The summed E-state index contributed by atoms with van der Waals surface area (Å²) in [5, 5.41) is 35.2. The van der Waals surface area contributed by atoms with Crippen molar-refractivity contribution in [2.45, 2.75) is 129 Å². The second kappa shape index (κ2) is 29.0. The molecule has 0 aromatic heterocycles. The van der Waals surface area contributed by atoms with Crippen molar-refractivity contribution in [2.24, 2.45) is 34.2 Å². The number of carbonyl (C=O) groups excluding carboxylic acids is 7. The number of rotatable bonds is 15. The number of hydrogen-bond donors (Lipinski definition) is 10. The zero-order valence-electron chi connectivity index (χ0n) is 41.3. The fourth-order valence-corrected chi connectivity index (χ4v) is 7.26. The molecule has 12 N–H and O–H groups in total. The molecule has 7 amide bonds. The minimum absolute atomic E-state index is 0.0117. The lowest BCUT2D eigenvalue weighted by Gasteiger charge is -2.27. The SMILES string of the molecule is C=C1C(=O)N[C@H](C)C(=O)N[C@@H](CC(C)C)C(=O)NC(C(=O)O)CC(=O)NC(CCCN=C(N)N)C(=O)NC(/C=C/C(C)=C/[C@H](C)[C@H](Cc2ccccc2)OC)[C@H](C)C(=O)N[C@@H](C(=O)O)CCC(=O)N1C. The van der Waals surface area contributed by atoms with Crippen molar-refractivity contribution in [3.8, 4) is 0 Å². The predicted octanol–water partition coefficient (Wildman–Crippen LogP) is 0.372. The molecular weight excluding hydrogens is 909 g/mol. The molecule has 386 valence electrons. The van der Waals surface area contributed by atoms with Crippen LogP contribution in [-0.2, 0) is 54.3 Å². The molecule has 0 saturated carbocycles. The Morgan fingerprint density at radius 1 is 0.871 bits per heavy atom. The van der Waals surface area contributed by atoms with Gasteiger partial charge in [0.15, 0.2) is 5.96 Å². The van der Waals surface area contributed by atoms with E-state index in [4.69, 9.17) is 16.2 Å². The summed E-state index contributed by atoms with van der Waals surface area (Å²) in [6.45, 7) is 13.6. The number of ether oxygens (including phenoxy) is 1. The van der Waals surface area contributed by atoms with Crippen LogP contribution in [0.4, 0.5) is 0 Å². The number of methoxy groups -OCH3 is 1. The molecule has 9 atom stereocenters. The minimum Gasteiger partial charge on any atom is -0.480 e. The van der Waals surface area contributed by atoms with Gasteiger partial charge in [0.1, 0.15) is 35.9 Å². The van der Waals surface area contributed by atoms with Gasteiger partial charge in [0.25, 0.3) is 5.91 Å². The molecule has 0 radical (unpaired) electrons. The largest absolute Gasteiger partial charge is 0.480 e. The van der Waals surface area contributed by atoms with Crippen molar-refractivity contribution in [3.05, 3.63) is 72.0 Å². The second-order valence-electron chi connectivity index (χ2n) is 17.8. The number of nitrogens with one attached hydrogen (secondary N) is 6. The fourth-order valence-electron chi connectivity index (χ4n) is 7.26. The van der Waals surface area contributed by atoms with E-state index < -0.39 is 120 Å². The van der Waals surface area contributed by atoms with Gasteiger partial charge in [-0.2, -0.15) is 0 Å². The molecule has 1 heterocycles. The lowest BCUT2D eigenvalue weighted by molar-refractivity contribution is -0.144. The summed E-state index contributed by atoms with van der Waals surface area (Å²) in [6.07, 6.45) is 3.79. The Bertz CT molecular complexity index is 2120. The van der Waals surface area contributed by atoms with E-state index in [0.29, 0.717) is 12.0 Å². The summed E-state index contributed by atoms with van der Waals surface area (Å²) < 4.78 is 5.81. The van der Waals surface area contributed by atoms with E-state index in [1.807, 2.05) is 43.3 Å². The lowest BCUT2D eigenvalue weighted by Crippen LogP contribution is -2.57. The summed E-state index contributed by atoms with van der Waals surface area (Å²) in [7, 11) is 2.82. The number of hydrogen-bond acceptors (Lipinski definition) is 11. The van der Waals surface area contributed by atoms with E-state index in [1.54, 1.807) is 34.0 Å². The Morgan fingerprint density at radius 3 is 2.07 bits per heavy atom. The normalized spacial score (nSPS) is 24.4. The van der Waals surface area contributed by atoms with Gasteiger partial charge < -0.3 is 63.2 Å². The van der Waals surface area contributed by atoms with E-state index >= 15 is 0 Å². The molecule has 0 bridgehead atoms. The van der Waals surface area contributed by atoms with Crippen LogP contribution in [0.15, 0.2) is 71.4 Å². The average Bonchev–Trinajstić information content (AvgIpc) is 3.29. The van der Waals surface area contributed by atoms with Gasteiger partial charge in [-0.25, -0.2) is 9.59 Å². The topological polar surface area (TPSA) is 343 Å². The molecule has 1 aromatic rings. The highest BCUT2D eigenvalue weighted by atomic mass is 16.5. The van der Waals surface area contributed by atoms with Crippen molar-refractivity contribution in [1.29, 1.82) is 0 Å². The van der Waals surface area contributed by atoms with Crippen LogP contribution in [-0.4, -0.2) is 137 Å². The Morgan fingerprint density at radius 2 is 1.49 bits per heavy atom. The zero-order chi connectivity index (χ0) is 52.8. The second-order valence-corrected chi connectivity index (χ2v) is 17.8. The quantitative estimate of drug-likeness (QED) is 0.0374. The zero-order valence-corrected chi connectivity index (χ0v) is 41.3. The molecule has 22 heteroatoms. The molecule has 1 aliphatic heterocycles. The van der Waals surface area contributed by atoms with Crippen LogP contribution in [0.25, 0.3) is 0 Å². The molecule has 1 aromatic carbocycles. The van der Waals surface area contributed by atoms with Gasteiger partial charge in [0, 0.05) is 33.0 Å². The molecule has 0 aliphatic carbocycles. The van der Waals surface area contributed by atoms with Gasteiger partial charge in [0.05, 0.1) is 24.5 Å². The number of carbonyl (C=O) groups is 9. The van der Waals surface area contributed by atoms with E-state index in [1.165, 1.54) is 27.0 Å². The van der Waals surface area contributed by atoms with Crippen molar-refractivity contribution < 1.29 is 58.1 Å². The van der Waals surface area contributed by atoms with Gasteiger partial charge in [0.2, 0.25) is 35.4 Å². The number of carboxylic acid groups (broad SMARTS) is 2. The van der Waals surface area contributed by atoms with Crippen molar-refractivity contribution in [1.82, 2.24) is 36.8 Å². The molecular formula is C48H72N10O12. The molecule has 0 spiro atoms. The fraction of sp³-hybridized carbons (Fsp3) is 0.542. The summed E-state index contributed by atoms with van der Waals surface area (Å²) in [5.41, 5.74) is 12.3. The molecule has 1 saturated heterocycles. The summed E-state index contributed by atoms with van der Waals surface area (Å²) in [4.78, 5) is 125. The third-order valence-electron chi connectivity index (χ3n) is 11.5. The summed E-state index contributed by atoms with van der Waals surface area (Å²) >= 11 is 0. The molecule has 22 nitrogen and oxygen atoms in total. The minimum atomic E-state index is -1.85. The number of allylic oxidation sites excluding steroid dienone is 2. The highest BCUT2D eigenvalue weighted by molar-refractivity contribution is 6.00. The van der Waals surface area contributed by atoms with E-state index in [0.717, 1.165) is 10.5 Å². The predicted molar refractivity (Wildman–Crippen MR) is 260 cm³/mol. The Labute approximate surface area is 408 Å². The number of benzene rings is 1. The van der Waals surface area contributed by atoms with Crippen LogP contribution in [0.2, 0.25) is 0 Å². The van der Waals surface area contributed by atoms with Crippen LogP contribution in [0.5, 0.6) is 0 Å². The first kappa shape index (κ1) is 59.0. The smallest absolute Gasteiger partial charge is 0.326 e. The molecule has 70 heavy (non-hydrogen) atoms. The van der Waals surface area contributed by atoms with Crippen molar-refractivity contribution in [2.75, 3.05) is 20.7 Å². The maximum atomic E-state index is 14.3. The van der Waals surface area contributed by atoms with Crippen molar-refractivity contribution >= 4 is 59.2 Å². The highest BCUT2D eigenvalue weighted by Gasteiger charge is 2.34. The van der Waals surface area contributed by atoms with E-state index in [-0.39, 0.29) is 49.7 Å². The van der Waals surface area contributed by atoms with Gasteiger partial charge >= 0.3 is 11.9 Å². The van der Waals surface area contributed by atoms with Gasteiger partial charge in [-0.15, -0.1) is 0 Å². The first-order chi connectivity index (χ1) is 32.8. The Hall–Kier alpha value is -7.10. The number of aliphatic carboxylic acids is 2. The van der Waals surface area contributed by atoms with Gasteiger partial charge in [-0.05, 0) is 57.4 Å². The highest BCUT2D eigenvalue weighted by Crippen LogP contribution is 2.19. The van der Waals surface area contributed by atoms with Crippen LogP contribution in [0.1, 0.15) is 85.6 Å². The van der Waals surface area contributed by atoms with Gasteiger partial charge in [-0.1, -0.05) is 88.4 Å². The van der Waals surface area contributed by atoms with Crippen LogP contribution < -0.4 is 43.4 Å². The van der Waals surface area contributed by atoms with Crippen LogP contribution in [0, 0.1) is 17.8 Å². The third kappa shape index (κ3) is 20.2. The van der Waals surface area contributed by atoms with Gasteiger partial charge in [-0.3, -0.25) is 38.6 Å². The standard InChI is InChI=1S/C48H72N10O12/c1-26(2)22-36-45(65)57-37(47(68)69)25-39(59)53-34(16-13-21-51-48(49)50)44(64)54-33(18-17-27(3)23-28(4)38(70-9)24-32-14-11-10-12-15-32)29(5)41(61)55-35(46(66)67)19-20-40(60)58(8)31(7)43(63)52-30(6)42(62)56-36/h10-12,14-15,17-18,23,26,28-30,33-38H,7,13,16,19-22,24-25H2,1-6,8-9H3,(H,52,63)(H,53,59)(H,54,64)(H,55,61)(H,56,62)(H,57,65)(H,66,67)(H,68,69)(H4,49,50,51)/b18-17+,27-23+/t28-,29-,30+,33?,34?,35+,36-,37?,38-/m0/s1. The molecule has 3 unspecified atom stereocenters. The molecule has 1 aliphatic rings. The molecule has 2 rings (SSSR count). The van der Waals surface area contributed by atoms with Crippen molar-refractivity contribution in [3.63, 3.8) is 0 Å². The van der Waals surface area contributed by atoms with E-state index in [2.05, 4.69) is 43.5 Å². The Kier molecular flexibility index (Phi) is 24.5. The van der Waals surface area contributed by atoms with Crippen LogP contribution >= 0.6 is 0 Å². The summed E-state index contributed by atoms with van der Waals surface area (Å²) in [5.74, 6) is -11.0. The number of carboxylic acids is 2. The maximum absolute atomic E-state index is 14.3. The van der Waals surface area contributed by atoms with Crippen LogP contribution in [0.3, 0.4) is 0 Å². The average molecular weight is 981 g/mol. The number of nitrogens with two attached hydrogens (primary N) is 2. The first-order valence-electron chi connectivity index (χ1n) is 23.1. The monoisotopic (exact) mass is 981 g/mol. The number of nitrogens with zero attached hydrogens (tertiary/aromatic N) is 2. The Balaban J connectivity index is 2.69. The maximum Gasteiger partial charge on any atom is 0.326 e. The first-order valence-corrected chi connectivity index (χ1v) is 23.1. The number of guanidine groups is 1. The number of amides is 7. The third-order valence-corrected chi connectivity index (χ3v) is 11.5. The number of aliphatic imine (C=N–C) groups is 1.